The van der Waals surface area contributed by atoms with Crippen LogP contribution in [0, 0.1) is 10.1 Å². The third-order valence-electron chi connectivity index (χ3n) is 1.31. The van der Waals surface area contributed by atoms with Crippen LogP contribution in [0.3, 0.4) is 0 Å². The number of hydrogen-bond donors (Lipinski definition) is 1. The van der Waals surface area contributed by atoms with Crippen molar-refractivity contribution >= 4 is 27.3 Å². The summed E-state index contributed by atoms with van der Waals surface area (Å²) in [5, 5.41) is 13.1. The second-order valence-electron chi connectivity index (χ2n) is 2.03. The Hall–Kier alpha value is -1.17. The number of rotatable bonds is 2. The summed E-state index contributed by atoms with van der Waals surface area (Å²) in [5.74, 6) is 0. The van der Waals surface area contributed by atoms with Crippen molar-refractivity contribution in [3.05, 3.63) is 27.0 Å². The van der Waals surface area contributed by atoms with Crippen molar-refractivity contribution in [1.29, 1.82) is 0 Å². The summed E-state index contributed by atoms with van der Waals surface area (Å²) in [5.41, 5.74) is 0.419. The third-order valence-corrected chi connectivity index (χ3v) is 1.75. The van der Waals surface area contributed by atoms with Crippen LogP contribution in [0.5, 0.6) is 0 Å². The highest BCUT2D eigenvalue weighted by atomic mass is 79.9. The standard InChI is InChI=1S/C6H6BrN3O2/c1-8-4-3-9-6(7)2-5(4)10(11)12/h2-3,8H,1H3. The lowest BCUT2D eigenvalue weighted by Crippen LogP contribution is -1.97. The minimum absolute atomic E-state index is 0.0133. The number of nitrogens with one attached hydrogen (secondary N) is 1. The van der Waals surface area contributed by atoms with Crippen LogP contribution in [0.25, 0.3) is 0 Å². The van der Waals surface area contributed by atoms with Gasteiger partial charge in [0.05, 0.1) is 17.2 Å². The van der Waals surface area contributed by atoms with Crippen LogP contribution in [0.1, 0.15) is 0 Å². The molecule has 1 N–H and O–H groups in total. The molecule has 0 radical (unpaired) electrons. The highest BCUT2D eigenvalue weighted by Crippen LogP contribution is 2.24. The van der Waals surface area contributed by atoms with Crippen molar-refractivity contribution in [3.63, 3.8) is 0 Å². The van der Waals surface area contributed by atoms with Gasteiger partial charge >= 0.3 is 0 Å². The van der Waals surface area contributed by atoms with E-state index < -0.39 is 4.92 Å². The molecule has 0 fully saturated rings. The summed E-state index contributed by atoms with van der Waals surface area (Å²) in [6, 6.07) is 1.35. The monoisotopic (exact) mass is 231 g/mol. The van der Waals surface area contributed by atoms with E-state index in [2.05, 4.69) is 26.2 Å². The molecule has 0 aliphatic rings. The molecular formula is C6H6BrN3O2. The molecule has 0 saturated carbocycles. The van der Waals surface area contributed by atoms with E-state index in [1.54, 1.807) is 7.05 Å². The first-order chi connectivity index (χ1) is 5.65. The van der Waals surface area contributed by atoms with Gasteiger partial charge < -0.3 is 5.32 Å². The first-order valence-corrected chi connectivity index (χ1v) is 3.92. The van der Waals surface area contributed by atoms with Crippen LogP contribution in [-0.2, 0) is 0 Å². The van der Waals surface area contributed by atoms with E-state index in [9.17, 15) is 10.1 Å². The molecule has 0 aromatic carbocycles. The summed E-state index contributed by atoms with van der Waals surface area (Å²) in [7, 11) is 1.61. The molecule has 0 amide bonds. The summed E-state index contributed by atoms with van der Waals surface area (Å²) in [4.78, 5) is 13.8. The van der Waals surface area contributed by atoms with Crippen molar-refractivity contribution in [2.24, 2.45) is 0 Å². The number of aromatic nitrogens is 1. The number of anilines is 1. The number of pyridine rings is 1. The first-order valence-electron chi connectivity index (χ1n) is 3.13. The minimum Gasteiger partial charge on any atom is -0.381 e. The molecule has 1 aromatic rings. The quantitative estimate of drug-likeness (QED) is 0.479. The van der Waals surface area contributed by atoms with Crippen LogP contribution in [0.4, 0.5) is 11.4 Å². The molecule has 1 heterocycles. The molecule has 64 valence electrons. The highest BCUT2D eigenvalue weighted by Gasteiger charge is 2.12. The van der Waals surface area contributed by atoms with Gasteiger partial charge in [0.2, 0.25) is 0 Å². The van der Waals surface area contributed by atoms with E-state index in [0.29, 0.717) is 10.3 Å². The average molecular weight is 232 g/mol. The maximum absolute atomic E-state index is 10.4. The maximum atomic E-state index is 10.4. The zero-order valence-corrected chi connectivity index (χ0v) is 7.83. The molecule has 6 heteroatoms. The SMILES string of the molecule is CNc1cnc(Br)cc1[N+](=O)[O-]. The molecule has 5 nitrogen and oxygen atoms in total. The molecular weight excluding hydrogens is 226 g/mol. The van der Waals surface area contributed by atoms with Gasteiger partial charge in [0.1, 0.15) is 10.3 Å². The smallest absolute Gasteiger partial charge is 0.296 e. The Balaban J connectivity index is 3.21. The van der Waals surface area contributed by atoms with Gasteiger partial charge in [-0.1, -0.05) is 0 Å². The fourth-order valence-electron chi connectivity index (χ4n) is 0.764. The van der Waals surface area contributed by atoms with E-state index in [0.717, 1.165) is 0 Å². The van der Waals surface area contributed by atoms with Crippen molar-refractivity contribution in [2.45, 2.75) is 0 Å². The van der Waals surface area contributed by atoms with Gasteiger partial charge in [0.15, 0.2) is 0 Å². The topological polar surface area (TPSA) is 68.1 Å². The number of nitro groups is 1. The Morgan fingerprint density at radius 3 is 2.92 bits per heavy atom. The van der Waals surface area contributed by atoms with E-state index >= 15 is 0 Å². The molecule has 0 bridgehead atoms. The highest BCUT2D eigenvalue weighted by molar-refractivity contribution is 9.10. The predicted octanol–water partition coefficient (Wildman–Crippen LogP) is 1.79. The number of halogens is 1. The Bertz CT molecular complexity index is 316. The summed E-state index contributed by atoms with van der Waals surface area (Å²) < 4.78 is 0.452. The van der Waals surface area contributed by atoms with Gasteiger partial charge in [0, 0.05) is 7.05 Å². The van der Waals surface area contributed by atoms with E-state index in [-0.39, 0.29) is 5.69 Å². The lowest BCUT2D eigenvalue weighted by atomic mass is 10.3. The van der Waals surface area contributed by atoms with Crippen molar-refractivity contribution in [2.75, 3.05) is 12.4 Å². The lowest BCUT2D eigenvalue weighted by molar-refractivity contribution is -0.384. The first kappa shape index (κ1) is 8.92. The zero-order chi connectivity index (χ0) is 9.14. The van der Waals surface area contributed by atoms with Crippen LogP contribution in [0.2, 0.25) is 0 Å². The fraction of sp³-hybridized carbons (Fsp3) is 0.167. The van der Waals surface area contributed by atoms with E-state index in [1.165, 1.54) is 12.3 Å². The third kappa shape index (κ3) is 1.70. The van der Waals surface area contributed by atoms with Crippen molar-refractivity contribution in [1.82, 2.24) is 4.98 Å². The van der Waals surface area contributed by atoms with Crippen molar-refractivity contribution < 1.29 is 4.92 Å². The van der Waals surface area contributed by atoms with Gasteiger partial charge in [-0.2, -0.15) is 0 Å². The van der Waals surface area contributed by atoms with Crippen LogP contribution >= 0.6 is 15.9 Å². The van der Waals surface area contributed by atoms with Crippen LogP contribution in [0.15, 0.2) is 16.9 Å². The fourth-order valence-corrected chi connectivity index (χ4v) is 1.08. The van der Waals surface area contributed by atoms with Gasteiger partial charge in [0.25, 0.3) is 5.69 Å². The molecule has 12 heavy (non-hydrogen) atoms. The van der Waals surface area contributed by atoms with Crippen LogP contribution in [-0.4, -0.2) is 17.0 Å². The molecule has 0 unspecified atom stereocenters. The second-order valence-corrected chi connectivity index (χ2v) is 2.84. The Labute approximate surface area is 77.1 Å². The van der Waals surface area contributed by atoms with E-state index in [4.69, 9.17) is 0 Å². The zero-order valence-electron chi connectivity index (χ0n) is 6.24. The molecule has 0 saturated heterocycles. The van der Waals surface area contributed by atoms with Gasteiger partial charge in [-0.15, -0.1) is 0 Å². The molecule has 0 aliphatic heterocycles. The maximum Gasteiger partial charge on any atom is 0.296 e. The van der Waals surface area contributed by atoms with E-state index in [1.807, 2.05) is 0 Å². The van der Waals surface area contributed by atoms with Crippen LogP contribution < -0.4 is 5.32 Å². The predicted molar refractivity (Wildman–Crippen MR) is 48.1 cm³/mol. The van der Waals surface area contributed by atoms with Gasteiger partial charge in [-0.25, -0.2) is 4.98 Å². The largest absolute Gasteiger partial charge is 0.381 e. The normalized spacial score (nSPS) is 9.50. The second kappa shape index (κ2) is 3.48. The van der Waals surface area contributed by atoms with Gasteiger partial charge in [-0.05, 0) is 15.9 Å². The van der Waals surface area contributed by atoms with Crippen molar-refractivity contribution in [3.8, 4) is 0 Å². The molecule has 0 spiro atoms. The summed E-state index contributed by atoms with van der Waals surface area (Å²) in [6.45, 7) is 0. The van der Waals surface area contributed by atoms with Gasteiger partial charge in [-0.3, -0.25) is 10.1 Å². The Kier molecular flexibility index (Phi) is 2.59. The lowest BCUT2D eigenvalue weighted by Gasteiger charge is -2.00. The Morgan fingerprint density at radius 2 is 2.42 bits per heavy atom. The summed E-state index contributed by atoms with van der Waals surface area (Å²) in [6.07, 6.45) is 1.40. The number of hydrogen-bond acceptors (Lipinski definition) is 4. The number of nitrogens with zero attached hydrogens (tertiary/aromatic N) is 2. The molecule has 0 aliphatic carbocycles. The molecule has 1 aromatic heterocycles. The molecule has 0 atom stereocenters. The molecule has 1 rings (SSSR count). The average Bonchev–Trinajstić information content (AvgIpc) is 2.04. The summed E-state index contributed by atoms with van der Waals surface area (Å²) >= 11 is 3.05. The Morgan fingerprint density at radius 1 is 1.75 bits per heavy atom. The minimum atomic E-state index is -0.460.